The van der Waals surface area contributed by atoms with Gasteiger partial charge in [0.05, 0.1) is 5.52 Å². The number of rotatable bonds is 9. The SMILES string of the molecule is CC(CCNc1nn(CCC(C)N2CCCCC2)c2ccc(Cl)cc12)N(C)C. The second-order valence-corrected chi connectivity index (χ2v) is 8.93. The van der Waals surface area contributed by atoms with Gasteiger partial charge in [0.25, 0.3) is 0 Å². The van der Waals surface area contributed by atoms with Gasteiger partial charge in [-0.3, -0.25) is 4.68 Å². The number of hydrogen-bond donors (Lipinski definition) is 1. The van der Waals surface area contributed by atoms with Crippen LogP contribution >= 0.6 is 11.6 Å². The first kappa shape index (κ1) is 21.4. The fraction of sp³-hybridized carbons (Fsp3) is 0.682. The number of benzene rings is 1. The lowest BCUT2D eigenvalue weighted by Gasteiger charge is -2.32. The number of aromatic nitrogens is 2. The molecule has 0 aliphatic carbocycles. The maximum absolute atomic E-state index is 6.28. The van der Waals surface area contributed by atoms with Gasteiger partial charge in [0.1, 0.15) is 0 Å². The summed E-state index contributed by atoms with van der Waals surface area (Å²) in [6.07, 6.45) is 6.26. The van der Waals surface area contributed by atoms with Crippen LogP contribution in [0.1, 0.15) is 46.0 Å². The first-order valence-electron chi connectivity index (χ1n) is 10.8. The van der Waals surface area contributed by atoms with Crippen LogP contribution in [0.5, 0.6) is 0 Å². The number of nitrogens with zero attached hydrogens (tertiary/aromatic N) is 4. The van der Waals surface area contributed by atoms with Crippen molar-refractivity contribution in [1.29, 1.82) is 0 Å². The fourth-order valence-electron chi connectivity index (χ4n) is 3.96. The van der Waals surface area contributed by atoms with E-state index in [2.05, 4.69) is 53.8 Å². The summed E-state index contributed by atoms with van der Waals surface area (Å²) in [5.41, 5.74) is 1.17. The molecule has 2 atom stereocenters. The molecular weight excluding hydrogens is 370 g/mol. The molecule has 1 N–H and O–H groups in total. The van der Waals surface area contributed by atoms with Crippen molar-refractivity contribution in [2.75, 3.05) is 39.0 Å². The van der Waals surface area contributed by atoms with Crippen LogP contribution in [-0.2, 0) is 6.54 Å². The maximum Gasteiger partial charge on any atom is 0.156 e. The van der Waals surface area contributed by atoms with E-state index in [1.165, 1.54) is 37.9 Å². The standard InChI is InChI=1S/C22H36ClN5/c1-17(26(3)4)10-12-24-22-20-16-19(23)8-9-21(20)28(25-22)15-11-18(2)27-13-6-5-7-14-27/h8-9,16-18H,5-7,10-15H2,1-4H3,(H,24,25). The number of anilines is 1. The van der Waals surface area contributed by atoms with Gasteiger partial charge in [-0.2, -0.15) is 5.10 Å². The molecule has 1 aromatic heterocycles. The molecule has 28 heavy (non-hydrogen) atoms. The molecule has 156 valence electrons. The van der Waals surface area contributed by atoms with Gasteiger partial charge < -0.3 is 15.1 Å². The van der Waals surface area contributed by atoms with Crippen LogP contribution in [-0.4, -0.2) is 65.4 Å². The molecule has 1 fully saturated rings. The Morgan fingerprint density at radius 1 is 1.14 bits per heavy atom. The zero-order chi connectivity index (χ0) is 20.1. The smallest absolute Gasteiger partial charge is 0.156 e. The van der Waals surface area contributed by atoms with Crippen LogP contribution in [0.2, 0.25) is 5.02 Å². The van der Waals surface area contributed by atoms with Crippen molar-refractivity contribution in [3.8, 4) is 0 Å². The minimum Gasteiger partial charge on any atom is -0.368 e. The Bertz CT molecular complexity index is 751. The average molecular weight is 406 g/mol. The largest absolute Gasteiger partial charge is 0.368 e. The van der Waals surface area contributed by atoms with Gasteiger partial charge >= 0.3 is 0 Å². The van der Waals surface area contributed by atoms with E-state index < -0.39 is 0 Å². The molecule has 2 heterocycles. The summed E-state index contributed by atoms with van der Waals surface area (Å²) in [6.45, 7) is 8.93. The van der Waals surface area contributed by atoms with Crippen LogP contribution in [0.15, 0.2) is 18.2 Å². The Balaban J connectivity index is 1.68. The molecule has 0 spiro atoms. The number of likely N-dealkylation sites (tertiary alicyclic amines) is 1. The Hall–Kier alpha value is -1.30. The zero-order valence-electron chi connectivity index (χ0n) is 17.9. The molecule has 0 bridgehead atoms. The molecular formula is C22H36ClN5. The van der Waals surface area contributed by atoms with Crippen molar-refractivity contribution in [2.45, 2.75) is 64.6 Å². The minimum absolute atomic E-state index is 0.537. The number of nitrogens with one attached hydrogen (secondary N) is 1. The van der Waals surface area contributed by atoms with Gasteiger partial charge in [-0.05, 0) is 84.9 Å². The second kappa shape index (κ2) is 9.95. The lowest BCUT2D eigenvalue weighted by molar-refractivity contribution is 0.162. The van der Waals surface area contributed by atoms with Crippen LogP contribution < -0.4 is 5.32 Å². The zero-order valence-corrected chi connectivity index (χ0v) is 18.7. The molecule has 3 rings (SSSR count). The Morgan fingerprint density at radius 2 is 1.89 bits per heavy atom. The van der Waals surface area contributed by atoms with Gasteiger partial charge in [-0.15, -0.1) is 0 Å². The lowest BCUT2D eigenvalue weighted by Crippen LogP contribution is -2.37. The molecule has 0 amide bonds. The molecule has 5 nitrogen and oxygen atoms in total. The molecule has 2 aromatic rings. The summed E-state index contributed by atoms with van der Waals surface area (Å²) in [5, 5.41) is 10.3. The average Bonchev–Trinajstić information content (AvgIpc) is 3.03. The van der Waals surface area contributed by atoms with Crippen LogP contribution in [0.4, 0.5) is 5.82 Å². The third-order valence-electron chi connectivity index (χ3n) is 6.22. The summed E-state index contributed by atoms with van der Waals surface area (Å²) < 4.78 is 2.16. The lowest BCUT2D eigenvalue weighted by atomic mass is 10.1. The number of hydrogen-bond acceptors (Lipinski definition) is 4. The van der Waals surface area contributed by atoms with Gasteiger partial charge in [0.2, 0.25) is 0 Å². The normalized spacial score (nSPS) is 17.9. The third kappa shape index (κ3) is 5.40. The summed E-state index contributed by atoms with van der Waals surface area (Å²) in [6, 6.07) is 7.24. The van der Waals surface area contributed by atoms with Gasteiger partial charge in [0, 0.05) is 35.6 Å². The van der Waals surface area contributed by atoms with Crippen LogP contribution in [0.25, 0.3) is 10.9 Å². The van der Waals surface area contributed by atoms with E-state index in [-0.39, 0.29) is 0 Å². The summed E-state index contributed by atoms with van der Waals surface area (Å²) >= 11 is 6.28. The van der Waals surface area contributed by atoms with E-state index in [0.29, 0.717) is 12.1 Å². The molecule has 1 aromatic carbocycles. The number of fused-ring (bicyclic) bond motifs is 1. The van der Waals surface area contributed by atoms with E-state index in [1.807, 2.05) is 12.1 Å². The van der Waals surface area contributed by atoms with Crippen molar-refractivity contribution in [1.82, 2.24) is 19.6 Å². The van der Waals surface area contributed by atoms with Gasteiger partial charge in [-0.25, -0.2) is 0 Å². The number of piperidine rings is 1. The van der Waals surface area contributed by atoms with Gasteiger partial charge in [-0.1, -0.05) is 18.0 Å². The molecule has 1 aliphatic heterocycles. The highest BCUT2D eigenvalue weighted by atomic mass is 35.5. The van der Waals surface area contributed by atoms with E-state index >= 15 is 0 Å². The van der Waals surface area contributed by atoms with E-state index in [1.54, 1.807) is 0 Å². The van der Waals surface area contributed by atoms with Gasteiger partial charge in [0.15, 0.2) is 5.82 Å². The first-order valence-corrected chi connectivity index (χ1v) is 11.1. The van der Waals surface area contributed by atoms with Crippen molar-refractivity contribution in [3.63, 3.8) is 0 Å². The molecule has 6 heteroatoms. The van der Waals surface area contributed by atoms with Crippen molar-refractivity contribution < 1.29 is 0 Å². The van der Waals surface area contributed by atoms with Crippen LogP contribution in [0.3, 0.4) is 0 Å². The first-order chi connectivity index (χ1) is 13.5. The number of aryl methyl sites for hydroxylation is 1. The second-order valence-electron chi connectivity index (χ2n) is 8.50. The quantitative estimate of drug-likeness (QED) is 0.655. The topological polar surface area (TPSA) is 36.3 Å². The highest BCUT2D eigenvalue weighted by Gasteiger charge is 2.18. The molecule has 0 radical (unpaired) electrons. The Labute approximate surface area is 175 Å². The van der Waals surface area contributed by atoms with E-state index in [0.717, 1.165) is 42.2 Å². The molecule has 2 unspecified atom stereocenters. The Morgan fingerprint density at radius 3 is 2.61 bits per heavy atom. The monoisotopic (exact) mass is 405 g/mol. The number of halogens is 1. The van der Waals surface area contributed by atoms with Crippen LogP contribution in [0, 0.1) is 0 Å². The fourth-order valence-corrected chi connectivity index (χ4v) is 4.13. The predicted octanol–water partition coefficient (Wildman–Crippen LogP) is 4.71. The maximum atomic E-state index is 6.28. The summed E-state index contributed by atoms with van der Waals surface area (Å²) in [4.78, 5) is 4.88. The molecule has 1 aliphatic rings. The minimum atomic E-state index is 0.537. The third-order valence-corrected chi connectivity index (χ3v) is 6.46. The highest BCUT2D eigenvalue weighted by Crippen LogP contribution is 2.27. The molecule has 0 saturated carbocycles. The Kier molecular flexibility index (Phi) is 7.61. The van der Waals surface area contributed by atoms with Crippen molar-refractivity contribution >= 4 is 28.3 Å². The highest BCUT2D eigenvalue weighted by molar-refractivity contribution is 6.31. The van der Waals surface area contributed by atoms with Crippen molar-refractivity contribution in [2.24, 2.45) is 0 Å². The summed E-state index contributed by atoms with van der Waals surface area (Å²) in [5.74, 6) is 0.953. The van der Waals surface area contributed by atoms with E-state index in [9.17, 15) is 0 Å². The van der Waals surface area contributed by atoms with Crippen molar-refractivity contribution in [3.05, 3.63) is 23.2 Å². The summed E-state index contributed by atoms with van der Waals surface area (Å²) in [7, 11) is 4.25. The molecule has 1 saturated heterocycles. The van der Waals surface area contributed by atoms with E-state index in [4.69, 9.17) is 16.7 Å². The predicted molar refractivity (Wildman–Crippen MR) is 121 cm³/mol.